The number of ether oxygens (including phenoxy) is 4. The lowest BCUT2D eigenvalue weighted by atomic mass is 9.95. The molecule has 2 saturated heterocycles. The Labute approximate surface area is 295 Å². The Morgan fingerprint density at radius 3 is 2.35 bits per heavy atom. The normalized spacial score (nSPS) is 23.5. The van der Waals surface area contributed by atoms with Crippen molar-refractivity contribution in [2.75, 3.05) is 31.7 Å². The van der Waals surface area contributed by atoms with Gasteiger partial charge >= 0.3 is 6.16 Å². The minimum Gasteiger partial charge on any atom is -0.488 e. The van der Waals surface area contributed by atoms with Gasteiger partial charge in [-0.2, -0.15) is 0 Å². The summed E-state index contributed by atoms with van der Waals surface area (Å²) in [5.41, 5.74) is 8.58. The number of anilines is 1. The van der Waals surface area contributed by atoms with E-state index in [1.807, 2.05) is 38.1 Å². The van der Waals surface area contributed by atoms with E-state index in [1.165, 1.54) is 40.9 Å². The first kappa shape index (κ1) is 37.5. The van der Waals surface area contributed by atoms with Gasteiger partial charge in [-0.25, -0.2) is 4.79 Å². The van der Waals surface area contributed by atoms with Crippen LogP contribution in [-0.2, 0) is 23.8 Å². The number of benzene rings is 2. The van der Waals surface area contributed by atoms with E-state index in [0.717, 1.165) is 3.57 Å². The Morgan fingerprint density at radius 1 is 1.06 bits per heavy atom. The summed E-state index contributed by atoms with van der Waals surface area (Å²) >= 11 is 3.42. The Bertz CT molecular complexity index is 1440. The molecule has 0 bridgehead atoms. The van der Waals surface area contributed by atoms with E-state index < -0.39 is 54.6 Å². The SMILES string of the molecule is CC(C)S[C@@H]1OC(COC(=O)OC(C(=O)N2CCC(C(=O)Nc3ccc(I)cc3)CC2)c2ccc(OCN=[N+]=[N-])cc2)[C@H](O)[C@H](O)C1O. The van der Waals surface area contributed by atoms with Gasteiger partial charge in [0.2, 0.25) is 12.0 Å². The van der Waals surface area contributed by atoms with E-state index in [0.29, 0.717) is 29.8 Å². The lowest BCUT2D eigenvalue weighted by Gasteiger charge is -2.40. The number of likely N-dealkylation sites (tertiary alicyclic amines) is 1. The number of rotatable bonds is 12. The van der Waals surface area contributed by atoms with Gasteiger partial charge in [-0.3, -0.25) is 9.59 Å². The lowest BCUT2D eigenvalue weighted by molar-refractivity contribution is -0.207. The van der Waals surface area contributed by atoms with Gasteiger partial charge in [0.15, 0.2) is 6.73 Å². The predicted molar refractivity (Wildman–Crippen MR) is 183 cm³/mol. The molecule has 0 radical (unpaired) electrons. The summed E-state index contributed by atoms with van der Waals surface area (Å²) in [6, 6.07) is 13.5. The van der Waals surface area contributed by atoms with Gasteiger partial charge in [0.25, 0.3) is 5.91 Å². The number of piperidine rings is 1. The Balaban J connectivity index is 1.41. The fourth-order valence-electron chi connectivity index (χ4n) is 5.15. The number of thioether (sulfide) groups is 1. The molecule has 2 aromatic carbocycles. The number of halogens is 1. The molecule has 15 nitrogen and oxygen atoms in total. The molecule has 6 atom stereocenters. The van der Waals surface area contributed by atoms with Crippen LogP contribution in [-0.4, -0.2) is 99.7 Å². The molecule has 3 unspecified atom stereocenters. The first-order valence-corrected chi connectivity index (χ1v) is 17.3. The molecule has 0 aliphatic carbocycles. The van der Waals surface area contributed by atoms with Crippen molar-refractivity contribution in [3.05, 3.63) is 68.1 Å². The molecule has 260 valence electrons. The molecule has 4 rings (SSSR count). The number of hydrogen-bond acceptors (Lipinski definition) is 12. The van der Waals surface area contributed by atoms with Crippen molar-refractivity contribution in [3.8, 4) is 5.75 Å². The molecule has 2 aliphatic heterocycles. The number of amides is 2. The molecular formula is C31H38IN5O10S. The average Bonchev–Trinajstić information content (AvgIpc) is 3.08. The van der Waals surface area contributed by atoms with Crippen LogP contribution in [0.2, 0.25) is 0 Å². The van der Waals surface area contributed by atoms with Crippen molar-refractivity contribution in [2.24, 2.45) is 11.0 Å². The molecule has 2 aromatic rings. The molecule has 0 saturated carbocycles. The van der Waals surface area contributed by atoms with Crippen LogP contribution >= 0.6 is 34.4 Å². The van der Waals surface area contributed by atoms with Crippen LogP contribution < -0.4 is 10.1 Å². The van der Waals surface area contributed by atoms with Crippen molar-refractivity contribution in [1.82, 2.24) is 4.90 Å². The number of carbonyl (C=O) groups is 3. The summed E-state index contributed by atoms with van der Waals surface area (Å²) in [5, 5.41) is 37.3. The fourth-order valence-corrected chi connectivity index (χ4v) is 6.57. The van der Waals surface area contributed by atoms with Gasteiger partial charge in [0.1, 0.15) is 42.2 Å². The molecule has 0 aromatic heterocycles. The zero-order valence-corrected chi connectivity index (χ0v) is 29.2. The van der Waals surface area contributed by atoms with Gasteiger partial charge in [-0.1, -0.05) is 31.1 Å². The van der Waals surface area contributed by atoms with Crippen molar-refractivity contribution in [1.29, 1.82) is 0 Å². The highest BCUT2D eigenvalue weighted by molar-refractivity contribution is 14.1. The first-order valence-electron chi connectivity index (χ1n) is 15.2. The van der Waals surface area contributed by atoms with Crippen LogP contribution in [0.25, 0.3) is 10.4 Å². The summed E-state index contributed by atoms with van der Waals surface area (Å²) in [4.78, 5) is 43.8. The van der Waals surface area contributed by atoms with Crippen LogP contribution in [0.5, 0.6) is 5.75 Å². The summed E-state index contributed by atoms with van der Waals surface area (Å²) in [7, 11) is 0. The highest BCUT2D eigenvalue weighted by atomic mass is 127. The van der Waals surface area contributed by atoms with Crippen LogP contribution in [0.1, 0.15) is 38.4 Å². The Kier molecular flexibility index (Phi) is 14.0. The maximum atomic E-state index is 13.8. The zero-order valence-electron chi connectivity index (χ0n) is 26.3. The highest BCUT2D eigenvalue weighted by Gasteiger charge is 2.45. The number of azide groups is 1. The average molecular weight is 800 g/mol. The number of hydrogen-bond donors (Lipinski definition) is 4. The maximum Gasteiger partial charge on any atom is 0.509 e. The van der Waals surface area contributed by atoms with E-state index in [-0.39, 0.29) is 36.9 Å². The van der Waals surface area contributed by atoms with Crippen molar-refractivity contribution in [2.45, 2.75) is 67.9 Å². The second kappa shape index (κ2) is 17.9. The van der Waals surface area contributed by atoms with Crippen LogP contribution in [0.15, 0.2) is 53.6 Å². The van der Waals surface area contributed by atoms with Gasteiger partial charge in [-0.15, -0.1) is 11.8 Å². The van der Waals surface area contributed by atoms with E-state index >= 15 is 0 Å². The molecule has 0 spiro atoms. The molecule has 2 heterocycles. The van der Waals surface area contributed by atoms with Crippen molar-refractivity contribution in [3.63, 3.8) is 0 Å². The van der Waals surface area contributed by atoms with E-state index in [1.54, 1.807) is 0 Å². The summed E-state index contributed by atoms with van der Waals surface area (Å²) in [6.45, 7) is 3.46. The number of aliphatic hydroxyl groups is 3. The summed E-state index contributed by atoms with van der Waals surface area (Å²) < 4.78 is 22.8. The summed E-state index contributed by atoms with van der Waals surface area (Å²) in [6.07, 6.45) is -7.47. The van der Waals surface area contributed by atoms with Crippen LogP contribution in [0, 0.1) is 9.49 Å². The number of aliphatic hydroxyl groups excluding tert-OH is 3. The van der Waals surface area contributed by atoms with E-state index in [4.69, 9.17) is 24.5 Å². The molecule has 2 aliphatic rings. The standard InChI is InChI=1S/C31H38IN5O10S/c1-17(2)48-30-26(40)25(39)24(38)23(46-30)15-44-31(43)47-27(18-3-9-22(10-4-18)45-16-34-36-33)29(42)37-13-11-19(12-14-37)28(41)35-21-7-5-20(32)6-8-21/h3-10,17,19,23-27,30,38-40H,11-16H2,1-2H3,(H,35,41)/t23?,24-,25-,26?,27?,30-/m0/s1. The van der Waals surface area contributed by atoms with Crippen LogP contribution in [0.3, 0.4) is 0 Å². The molecule has 2 fully saturated rings. The monoisotopic (exact) mass is 799 g/mol. The number of nitrogens with one attached hydrogen (secondary N) is 1. The molecular weight excluding hydrogens is 761 g/mol. The molecule has 4 N–H and O–H groups in total. The third-order valence-corrected chi connectivity index (χ3v) is 9.62. The fraction of sp³-hybridized carbons (Fsp3) is 0.516. The largest absolute Gasteiger partial charge is 0.509 e. The van der Waals surface area contributed by atoms with Crippen LogP contribution in [0.4, 0.5) is 10.5 Å². The van der Waals surface area contributed by atoms with Gasteiger partial charge in [-0.05, 0) is 77.4 Å². The second-order valence-electron chi connectivity index (χ2n) is 11.4. The third-order valence-electron chi connectivity index (χ3n) is 7.70. The molecule has 2 amide bonds. The lowest BCUT2D eigenvalue weighted by Crippen LogP contribution is -2.58. The predicted octanol–water partition coefficient (Wildman–Crippen LogP) is 3.96. The maximum absolute atomic E-state index is 13.8. The first-order chi connectivity index (χ1) is 23.0. The molecule has 17 heteroatoms. The Morgan fingerprint density at radius 2 is 1.73 bits per heavy atom. The minimum absolute atomic E-state index is 0.0358. The number of carbonyl (C=O) groups excluding carboxylic acids is 3. The highest BCUT2D eigenvalue weighted by Crippen LogP contribution is 2.32. The second-order valence-corrected chi connectivity index (χ2v) is 14.4. The quantitative estimate of drug-likeness (QED) is 0.0794. The third kappa shape index (κ3) is 10.3. The van der Waals surface area contributed by atoms with E-state index in [9.17, 15) is 29.7 Å². The molecule has 48 heavy (non-hydrogen) atoms. The van der Waals surface area contributed by atoms with Crippen molar-refractivity contribution >= 4 is 58.0 Å². The van der Waals surface area contributed by atoms with Gasteiger partial charge in [0.05, 0.1) is 0 Å². The van der Waals surface area contributed by atoms with E-state index in [2.05, 4.69) is 37.9 Å². The zero-order chi connectivity index (χ0) is 34.8. The Hall–Kier alpha value is -3.32. The van der Waals surface area contributed by atoms with Crippen molar-refractivity contribution < 1.29 is 48.7 Å². The summed E-state index contributed by atoms with van der Waals surface area (Å²) in [5.74, 6) is -0.654. The van der Waals surface area contributed by atoms with Gasteiger partial charge in [0, 0.05) is 44.0 Å². The minimum atomic E-state index is -1.55. The van der Waals surface area contributed by atoms with Gasteiger partial charge < -0.3 is 44.5 Å². The number of nitrogens with zero attached hydrogens (tertiary/aromatic N) is 4. The smallest absolute Gasteiger partial charge is 0.488 e. The topological polar surface area (TPSA) is 213 Å².